The number of anilines is 3. The SMILES string of the molecule is Nc1nc(N)nc(N2CCc3nc[nH]c3C2)n1. The van der Waals surface area contributed by atoms with Crippen LogP contribution in [0.25, 0.3) is 0 Å². The van der Waals surface area contributed by atoms with E-state index in [4.69, 9.17) is 11.5 Å². The summed E-state index contributed by atoms with van der Waals surface area (Å²) >= 11 is 0. The van der Waals surface area contributed by atoms with Crippen molar-refractivity contribution in [2.45, 2.75) is 13.0 Å². The van der Waals surface area contributed by atoms with Crippen LogP contribution in [0.15, 0.2) is 6.33 Å². The number of H-pyrrole nitrogens is 1. The first-order chi connectivity index (χ1) is 8.22. The molecule has 2 aromatic rings. The molecule has 0 saturated heterocycles. The monoisotopic (exact) mass is 232 g/mol. The highest BCUT2D eigenvalue weighted by atomic mass is 15.3. The van der Waals surface area contributed by atoms with Gasteiger partial charge in [-0.15, -0.1) is 0 Å². The van der Waals surface area contributed by atoms with Gasteiger partial charge in [-0.25, -0.2) is 4.98 Å². The number of rotatable bonds is 1. The number of nitrogens with zero attached hydrogens (tertiary/aromatic N) is 5. The summed E-state index contributed by atoms with van der Waals surface area (Å²) in [5.74, 6) is 0.793. The molecule has 8 heteroatoms. The lowest BCUT2D eigenvalue weighted by Crippen LogP contribution is -2.32. The Morgan fingerprint density at radius 1 is 1.18 bits per heavy atom. The molecule has 0 saturated carbocycles. The molecule has 3 rings (SSSR count). The van der Waals surface area contributed by atoms with Crippen molar-refractivity contribution in [3.8, 4) is 0 Å². The van der Waals surface area contributed by atoms with Gasteiger partial charge in [0.25, 0.3) is 0 Å². The van der Waals surface area contributed by atoms with E-state index in [1.54, 1.807) is 6.33 Å². The Hall–Kier alpha value is -2.38. The van der Waals surface area contributed by atoms with Gasteiger partial charge in [-0.3, -0.25) is 0 Å². The zero-order valence-electron chi connectivity index (χ0n) is 9.09. The smallest absolute Gasteiger partial charge is 0.232 e. The van der Waals surface area contributed by atoms with Crippen LogP contribution in [-0.4, -0.2) is 31.5 Å². The third-order valence-electron chi connectivity index (χ3n) is 2.72. The van der Waals surface area contributed by atoms with Gasteiger partial charge in [0, 0.05) is 13.0 Å². The van der Waals surface area contributed by atoms with E-state index in [1.807, 2.05) is 4.90 Å². The molecule has 5 N–H and O–H groups in total. The van der Waals surface area contributed by atoms with Gasteiger partial charge in [-0.2, -0.15) is 15.0 Å². The van der Waals surface area contributed by atoms with E-state index in [0.29, 0.717) is 12.5 Å². The van der Waals surface area contributed by atoms with Crippen molar-refractivity contribution in [2.75, 3.05) is 22.9 Å². The maximum absolute atomic E-state index is 5.55. The fourth-order valence-corrected chi connectivity index (χ4v) is 1.92. The minimum absolute atomic E-state index is 0.142. The molecular weight excluding hydrogens is 220 g/mol. The molecule has 0 bridgehead atoms. The topological polar surface area (TPSA) is 123 Å². The van der Waals surface area contributed by atoms with Gasteiger partial charge in [0.05, 0.1) is 24.3 Å². The van der Waals surface area contributed by atoms with E-state index in [0.717, 1.165) is 24.4 Å². The number of fused-ring (bicyclic) bond motifs is 1. The van der Waals surface area contributed by atoms with E-state index in [-0.39, 0.29) is 11.9 Å². The first-order valence-electron chi connectivity index (χ1n) is 5.25. The summed E-state index contributed by atoms with van der Waals surface area (Å²) in [6.45, 7) is 1.47. The van der Waals surface area contributed by atoms with Crippen LogP contribution in [0, 0.1) is 0 Å². The molecule has 0 fully saturated rings. The van der Waals surface area contributed by atoms with Crippen LogP contribution in [0.5, 0.6) is 0 Å². The average Bonchev–Trinajstić information content (AvgIpc) is 2.74. The van der Waals surface area contributed by atoms with Crippen molar-refractivity contribution in [2.24, 2.45) is 0 Å². The molecule has 3 heterocycles. The minimum atomic E-state index is 0.142. The third kappa shape index (κ3) is 1.73. The van der Waals surface area contributed by atoms with Crippen molar-refractivity contribution in [3.05, 3.63) is 17.7 Å². The summed E-state index contributed by atoms with van der Waals surface area (Å²) in [4.78, 5) is 21.2. The van der Waals surface area contributed by atoms with Crippen LogP contribution in [0.4, 0.5) is 17.8 Å². The van der Waals surface area contributed by atoms with E-state index in [1.165, 1.54) is 0 Å². The van der Waals surface area contributed by atoms with Gasteiger partial charge in [-0.1, -0.05) is 0 Å². The lowest BCUT2D eigenvalue weighted by atomic mass is 10.1. The molecule has 0 aliphatic carbocycles. The van der Waals surface area contributed by atoms with Crippen molar-refractivity contribution >= 4 is 17.8 Å². The zero-order chi connectivity index (χ0) is 11.8. The van der Waals surface area contributed by atoms with Crippen molar-refractivity contribution in [3.63, 3.8) is 0 Å². The van der Waals surface area contributed by atoms with E-state index < -0.39 is 0 Å². The average molecular weight is 232 g/mol. The van der Waals surface area contributed by atoms with Gasteiger partial charge < -0.3 is 21.4 Å². The lowest BCUT2D eigenvalue weighted by Gasteiger charge is -2.26. The summed E-state index contributed by atoms with van der Waals surface area (Å²) < 4.78 is 0. The highest BCUT2D eigenvalue weighted by Crippen LogP contribution is 2.19. The number of nitrogen functional groups attached to an aromatic ring is 2. The maximum atomic E-state index is 5.55. The molecule has 88 valence electrons. The number of aromatic amines is 1. The number of hydrogen-bond donors (Lipinski definition) is 3. The fourth-order valence-electron chi connectivity index (χ4n) is 1.92. The Labute approximate surface area is 97.1 Å². The van der Waals surface area contributed by atoms with E-state index in [9.17, 15) is 0 Å². The Balaban J connectivity index is 1.91. The van der Waals surface area contributed by atoms with Crippen LogP contribution < -0.4 is 16.4 Å². The Bertz CT molecular complexity index is 527. The predicted molar refractivity (Wildman–Crippen MR) is 62.0 cm³/mol. The quantitative estimate of drug-likeness (QED) is 0.595. The zero-order valence-corrected chi connectivity index (χ0v) is 9.09. The lowest BCUT2D eigenvalue weighted by molar-refractivity contribution is 0.689. The predicted octanol–water partition coefficient (Wildman–Crippen LogP) is -0.678. The molecule has 8 nitrogen and oxygen atoms in total. The van der Waals surface area contributed by atoms with Crippen LogP contribution in [0.2, 0.25) is 0 Å². The van der Waals surface area contributed by atoms with Crippen LogP contribution >= 0.6 is 0 Å². The van der Waals surface area contributed by atoms with E-state index in [2.05, 4.69) is 24.9 Å². The van der Waals surface area contributed by atoms with Crippen molar-refractivity contribution in [1.82, 2.24) is 24.9 Å². The first kappa shape index (κ1) is 9.82. The first-order valence-corrected chi connectivity index (χ1v) is 5.25. The maximum Gasteiger partial charge on any atom is 0.232 e. The number of aromatic nitrogens is 5. The van der Waals surface area contributed by atoms with Gasteiger partial charge in [-0.05, 0) is 0 Å². The van der Waals surface area contributed by atoms with Gasteiger partial charge >= 0.3 is 0 Å². The molecular formula is C9H12N8. The second kappa shape index (κ2) is 3.58. The minimum Gasteiger partial charge on any atom is -0.368 e. The third-order valence-corrected chi connectivity index (χ3v) is 2.72. The highest BCUT2D eigenvalue weighted by molar-refractivity contribution is 5.41. The van der Waals surface area contributed by atoms with Gasteiger partial charge in [0.1, 0.15) is 0 Å². The highest BCUT2D eigenvalue weighted by Gasteiger charge is 2.20. The molecule has 0 aromatic carbocycles. The summed E-state index contributed by atoms with van der Waals surface area (Å²) in [5, 5.41) is 0. The second-order valence-corrected chi connectivity index (χ2v) is 3.85. The molecule has 0 spiro atoms. The largest absolute Gasteiger partial charge is 0.368 e. The molecule has 17 heavy (non-hydrogen) atoms. The molecule has 2 aromatic heterocycles. The Kier molecular flexibility index (Phi) is 2.07. The van der Waals surface area contributed by atoms with Crippen molar-refractivity contribution < 1.29 is 0 Å². The summed E-state index contributed by atoms with van der Waals surface area (Å²) in [7, 11) is 0. The summed E-state index contributed by atoms with van der Waals surface area (Å²) in [5.41, 5.74) is 13.3. The number of imidazole rings is 1. The molecule has 0 amide bonds. The van der Waals surface area contributed by atoms with Gasteiger partial charge in [0.15, 0.2) is 0 Å². The molecule has 0 radical (unpaired) electrons. The van der Waals surface area contributed by atoms with Gasteiger partial charge in [0.2, 0.25) is 17.8 Å². The number of nitrogens with two attached hydrogens (primary N) is 2. The Morgan fingerprint density at radius 2 is 1.94 bits per heavy atom. The molecule has 1 aliphatic rings. The molecule has 0 atom stereocenters. The summed E-state index contributed by atoms with van der Waals surface area (Å²) in [6.07, 6.45) is 2.55. The second-order valence-electron chi connectivity index (χ2n) is 3.85. The standard InChI is InChI=1S/C9H12N8/c10-7-14-8(11)16-9(15-7)17-2-1-5-6(3-17)13-4-12-5/h4H,1-3H2,(H,12,13)(H4,10,11,14,15,16). The Morgan fingerprint density at radius 3 is 2.71 bits per heavy atom. The summed E-state index contributed by atoms with van der Waals surface area (Å²) in [6, 6.07) is 0. The van der Waals surface area contributed by atoms with E-state index >= 15 is 0 Å². The number of hydrogen-bond acceptors (Lipinski definition) is 7. The van der Waals surface area contributed by atoms with Crippen LogP contribution in [0.3, 0.4) is 0 Å². The number of nitrogens with one attached hydrogen (secondary N) is 1. The normalized spacial score (nSPS) is 14.7. The van der Waals surface area contributed by atoms with Crippen molar-refractivity contribution in [1.29, 1.82) is 0 Å². The van der Waals surface area contributed by atoms with Crippen LogP contribution in [-0.2, 0) is 13.0 Å². The molecule has 1 aliphatic heterocycles. The molecule has 0 unspecified atom stereocenters. The fraction of sp³-hybridized carbons (Fsp3) is 0.333. The van der Waals surface area contributed by atoms with Crippen LogP contribution in [0.1, 0.15) is 11.4 Å².